The highest BCUT2D eigenvalue weighted by molar-refractivity contribution is 5.82. The van der Waals surface area contributed by atoms with Crippen molar-refractivity contribution in [1.29, 1.82) is 0 Å². The fraction of sp³-hybridized carbons (Fsp3) is 0.333. The topological polar surface area (TPSA) is 94.1 Å². The number of pyridine rings is 3. The van der Waals surface area contributed by atoms with Gasteiger partial charge < -0.3 is 15.2 Å². The van der Waals surface area contributed by atoms with E-state index in [1.54, 1.807) is 30.9 Å². The Kier molecular flexibility index (Phi) is 5.11. The second-order valence-electron chi connectivity index (χ2n) is 8.57. The predicted molar refractivity (Wildman–Crippen MR) is 117 cm³/mol. The zero-order valence-corrected chi connectivity index (χ0v) is 17.2. The van der Waals surface area contributed by atoms with Gasteiger partial charge in [-0.1, -0.05) is 6.07 Å². The van der Waals surface area contributed by atoms with E-state index in [0.29, 0.717) is 26.1 Å². The van der Waals surface area contributed by atoms with Crippen LogP contribution in [0, 0.1) is 5.92 Å². The monoisotopic (exact) mass is 415 g/mol. The summed E-state index contributed by atoms with van der Waals surface area (Å²) in [5, 5.41) is 0. The number of piperidine rings is 1. The molecule has 3 aromatic rings. The molecule has 31 heavy (non-hydrogen) atoms. The molecule has 2 N–H and O–H groups in total. The summed E-state index contributed by atoms with van der Waals surface area (Å²) in [6.45, 7) is 1.88. The summed E-state index contributed by atoms with van der Waals surface area (Å²) in [4.78, 5) is 36.1. The van der Waals surface area contributed by atoms with Gasteiger partial charge >= 0.3 is 0 Å². The predicted octanol–water partition coefficient (Wildman–Crippen LogP) is 1.82. The van der Waals surface area contributed by atoms with E-state index in [0.717, 1.165) is 28.8 Å². The van der Waals surface area contributed by atoms with E-state index in [9.17, 15) is 9.59 Å². The lowest BCUT2D eigenvalue weighted by Crippen LogP contribution is -2.53. The van der Waals surface area contributed by atoms with E-state index in [1.807, 2.05) is 33.7 Å². The van der Waals surface area contributed by atoms with Gasteiger partial charge in [0.25, 0.3) is 5.56 Å². The Bertz CT molecular complexity index is 1150. The smallest absolute Gasteiger partial charge is 0.251 e. The fourth-order valence-electron chi connectivity index (χ4n) is 4.93. The van der Waals surface area contributed by atoms with Crippen molar-refractivity contribution in [2.24, 2.45) is 11.7 Å². The number of hydrogen-bond acceptors (Lipinski definition) is 5. The number of amides is 1. The molecular weight excluding hydrogens is 390 g/mol. The average molecular weight is 415 g/mol. The van der Waals surface area contributed by atoms with E-state index in [-0.39, 0.29) is 23.3 Å². The molecular formula is C24H25N5O2. The molecule has 3 aromatic heterocycles. The molecule has 1 saturated heterocycles. The van der Waals surface area contributed by atoms with Crippen LogP contribution in [0.2, 0.25) is 0 Å². The van der Waals surface area contributed by atoms with Crippen molar-refractivity contribution in [3.63, 3.8) is 0 Å². The lowest BCUT2D eigenvalue weighted by Gasteiger charge is -2.43. The number of rotatable bonds is 4. The van der Waals surface area contributed by atoms with Gasteiger partial charge in [0.2, 0.25) is 5.91 Å². The highest BCUT2D eigenvalue weighted by Crippen LogP contribution is 2.36. The fourth-order valence-corrected chi connectivity index (χ4v) is 4.93. The van der Waals surface area contributed by atoms with Gasteiger partial charge in [0, 0.05) is 67.7 Å². The third kappa shape index (κ3) is 3.88. The molecule has 0 aliphatic carbocycles. The van der Waals surface area contributed by atoms with Crippen molar-refractivity contribution in [2.45, 2.75) is 31.3 Å². The molecule has 2 bridgehead atoms. The minimum Gasteiger partial charge on any atom is -0.340 e. The maximum absolute atomic E-state index is 13.1. The van der Waals surface area contributed by atoms with Crippen LogP contribution in [0.15, 0.2) is 66.0 Å². The normalized spacial score (nSPS) is 20.7. The van der Waals surface area contributed by atoms with Gasteiger partial charge in [-0.25, -0.2) is 0 Å². The van der Waals surface area contributed by atoms with Crippen LogP contribution >= 0.6 is 0 Å². The first-order chi connectivity index (χ1) is 15.1. The minimum atomic E-state index is -0.579. The van der Waals surface area contributed by atoms with E-state index in [2.05, 4.69) is 16.0 Å². The maximum atomic E-state index is 13.1. The number of nitrogens with two attached hydrogens (primary N) is 1. The van der Waals surface area contributed by atoms with Gasteiger partial charge in [-0.2, -0.15) is 0 Å². The third-order valence-electron chi connectivity index (χ3n) is 6.39. The summed E-state index contributed by atoms with van der Waals surface area (Å²) in [6, 6.07) is 10.8. The second-order valence-corrected chi connectivity index (χ2v) is 8.57. The first-order valence-electron chi connectivity index (χ1n) is 10.7. The van der Waals surface area contributed by atoms with Gasteiger partial charge in [-0.15, -0.1) is 0 Å². The quantitative estimate of drug-likeness (QED) is 0.702. The van der Waals surface area contributed by atoms with Crippen LogP contribution in [0.1, 0.15) is 23.6 Å². The number of nitrogens with zero attached hydrogens (tertiary/aromatic N) is 4. The largest absolute Gasteiger partial charge is 0.340 e. The van der Waals surface area contributed by atoms with Crippen LogP contribution in [0.4, 0.5) is 0 Å². The summed E-state index contributed by atoms with van der Waals surface area (Å²) in [7, 11) is 0. The van der Waals surface area contributed by atoms with Gasteiger partial charge in [0.05, 0.1) is 6.04 Å². The minimum absolute atomic E-state index is 0.0141. The Morgan fingerprint density at radius 2 is 1.90 bits per heavy atom. The van der Waals surface area contributed by atoms with Crippen LogP contribution in [-0.2, 0) is 17.8 Å². The Hall–Kier alpha value is -3.32. The van der Waals surface area contributed by atoms with Crippen molar-refractivity contribution in [1.82, 2.24) is 19.4 Å². The summed E-state index contributed by atoms with van der Waals surface area (Å²) in [5.41, 5.74) is 10.1. The first kappa shape index (κ1) is 19.6. The van der Waals surface area contributed by atoms with E-state index in [4.69, 9.17) is 5.73 Å². The molecule has 1 amide bonds. The van der Waals surface area contributed by atoms with E-state index >= 15 is 0 Å². The SMILES string of the molecule is N[C@H](Cc1ccncc1)C(=O)N1C[C@@H]2C[C@H](C1)c1cc(-c3cccnc3)cc(=O)n1C2. The standard InChI is InChI=1S/C24H25N5O2/c25-21(9-16-3-6-26-7-4-16)24(31)28-13-17-8-20(15-28)22-10-19(11-23(30)29(22)14-17)18-2-1-5-27-12-18/h1-7,10-12,17,20-21H,8-9,13-15,25H2/t17-,20+,21+/m0/s1. The summed E-state index contributed by atoms with van der Waals surface area (Å²) in [5.74, 6) is 0.380. The molecule has 7 nitrogen and oxygen atoms in total. The maximum Gasteiger partial charge on any atom is 0.251 e. The summed E-state index contributed by atoms with van der Waals surface area (Å²) in [6.07, 6.45) is 8.40. The molecule has 3 atom stereocenters. The van der Waals surface area contributed by atoms with Gasteiger partial charge in [0.15, 0.2) is 0 Å². The lowest BCUT2D eigenvalue weighted by atomic mass is 9.82. The van der Waals surface area contributed by atoms with Crippen molar-refractivity contribution in [3.05, 3.63) is 82.8 Å². The zero-order valence-electron chi connectivity index (χ0n) is 17.2. The molecule has 0 spiro atoms. The molecule has 5 rings (SSSR count). The molecule has 5 heterocycles. The highest BCUT2D eigenvalue weighted by Gasteiger charge is 2.37. The summed E-state index contributed by atoms with van der Waals surface area (Å²) < 4.78 is 1.89. The molecule has 7 heteroatoms. The van der Waals surface area contributed by atoms with E-state index in [1.165, 1.54) is 0 Å². The van der Waals surface area contributed by atoms with E-state index < -0.39 is 6.04 Å². The molecule has 158 valence electrons. The molecule has 0 saturated carbocycles. The first-order valence-corrected chi connectivity index (χ1v) is 10.7. The zero-order chi connectivity index (χ0) is 21.4. The van der Waals surface area contributed by atoms with Crippen LogP contribution < -0.4 is 11.3 Å². The molecule has 1 fully saturated rings. The van der Waals surface area contributed by atoms with Crippen LogP contribution in [0.25, 0.3) is 11.1 Å². The number of carbonyl (C=O) groups is 1. The number of fused-ring (bicyclic) bond motifs is 4. The van der Waals surface area contributed by atoms with Crippen molar-refractivity contribution in [2.75, 3.05) is 13.1 Å². The van der Waals surface area contributed by atoms with Crippen molar-refractivity contribution < 1.29 is 4.79 Å². The van der Waals surface area contributed by atoms with Crippen LogP contribution in [-0.4, -0.2) is 44.5 Å². The Labute approximate surface area is 180 Å². The molecule has 2 aliphatic rings. The number of hydrogen-bond donors (Lipinski definition) is 1. The Morgan fingerprint density at radius 3 is 2.68 bits per heavy atom. The Morgan fingerprint density at radius 1 is 1.06 bits per heavy atom. The molecule has 0 radical (unpaired) electrons. The van der Waals surface area contributed by atoms with Crippen molar-refractivity contribution >= 4 is 5.91 Å². The summed E-state index contributed by atoms with van der Waals surface area (Å²) >= 11 is 0. The average Bonchev–Trinajstić information content (AvgIpc) is 2.80. The number of aromatic nitrogens is 3. The van der Waals surface area contributed by atoms with Gasteiger partial charge in [-0.3, -0.25) is 19.6 Å². The highest BCUT2D eigenvalue weighted by atomic mass is 16.2. The Balaban J connectivity index is 1.39. The molecule has 2 aliphatic heterocycles. The van der Waals surface area contributed by atoms with Gasteiger partial charge in [-0.05, 0) is 54.2 Å². The van der Waals surface area contributed by atoms with Crippen molar-refractivity contribution in [3.8, 4) is 11.1 Å². The van der Waals surface area contributed by atoms with Crippen LogP contribution in [0.3, 0.4) is 0 Å². The third-order valence-corrected chi connectivity index (χ3v) is 6.39. The lowest BCUT2D eigenvalue weighted by molar-refractivity contribution is -0.135. The van der Waals surface area contributed by atoms with Gasteiger partial charge in [0.1, 0.15) is 0 Å². The number of likely N-dealkylation sites (tertiary alicyclic amines) is 1. The molecule has 0 aromatic carbocycles. The number of carbonyl (C=O) groups excluding carboxylic acids is 1. The van der Waals surface area contributed by atoms with Crippen LogP contribution in [0.5, 0.6) is 0 Å². The molecule has 0 unspecified atom stereocenters. The second kappa shape index (κ2) is 8.07.